The minimum Gasteiger partial charge on any atom is -0.259 e. The van der Waals surface area contributed by atoms with Gasteiger partial charge in [0.2, 0.25) is 6.20 Å². The van der Waals surface area contributed by atoms with Crippen LogP contribution in [0, 0.1) is 10.1 Å². The molecule has 1 aromatic carbocycles. The van der Waals surface area contributed by atoms with Crippen LogP contribution in [0.25, 0.3) is 6.08 Å². The molecule has 0 aromatic heterocycles. The van der Waals surface area contributed by atoms with E-state index in [0.717, 1.165) is 18.2 Å². The average molecular weight is 205 g/mol. The van der Waals surface area contributed by atoms with Gasteiger partial charge >= 0.3 is 0 Å². The number of rotatable bonds is 5. The maximum atomic E-state index is 10.1. The van der Waals surface area contributed by atoms with Crippen molar-refractivity contribution in [2.45, 2.75) is 26.2 Å². The Hall–Kier alpha value is -1.64. The number of hydrogen-bond acceptors (Lipinski definition) is 2. The molecule has 1 rings (SSSR count). The van der Waals surface area contributed by atoms with Gasteiger partial charge in [0.05, 0.1) is 4.92 Å². The van der Waals surface area contributed by atoms with Crippen molar-refractivity contribution in [3.8, 4) is 0 Å². The molecule has 0 saturated heterocycles. The summed E-state index contributed by atoms with van der Waals surface area (Å²) in [5.74, 6) is 0. The molecule has 0 aliphatic heterocycles. The average Bonchev–Trinajstić information content (AvgIpc) is 2.25. The van der Waals surface area contributed by atoms with E-state index in [1.165, 1.54) is 24.5 Å². The minimum atomic E-state index is -0.453. The third kappa shape index (κ3) is 4.40. The van der Waals surface area contributed by atoms with Crippen molar-refractivity contribution in [2.24, 2.45) is 0 Å². The van der Waals surface area contributed by atoms with Gasteiger partial charge in [-0.2, -0.15) is 0 Å². The SMILES string of the molecule is CCCCc1ccc(/C=C/[N+](=O)[O-])cc1. The van der Waals surface area contributed by atoms with Crippen molar-refractivity contribution in [3.63, 3.8) is 0 Å². The van der Waals surface area contributed by atoms with Gasteiger partial charge in [0.1, 0.15) is 0 Å². The third-order valence-electron chi connectivity index (χ3n) is 2.19. The molecule has 3 nitrogen and oxygen atoms in total. The summed E-state index contributed by atoms with van der Waals surface area (Å²) >= 11 is 0. The Balaban J connectivity index is 2.60. The topological polar surface area (TPSA) is 43.1 Å². The molecule has 0 aliphatic rings. The smallest absolute Gasteiger partial charge is 0.235 e. The van der Waals surface area contributed by atoms with Crippen LogP contribution in [-0.2, 0) is 6.42 Å². The van der Waals surface area contributed by atoms with E-state index in [-0.39, 0.29) is 0 Å². The third-order valence-corrected chi connectivity index (χ3v) is 2.19. The van der Waals surface area contributed by atoms with Crippen LogP contribution >= 0.6 is 0 Å². The summed E-state index contributed by atoms with van der Waals surface area (Å²) in [5.41, 5.74) is 2.15. The number of unbranched alkanes of at least 4 members (excludes halogenated alkanes) is 1. The van der Waals surface area contributed by atoms with Crippen molar-refractivity contribution in [1.82, 2.24) is 0 Å². The number of benzene rings is 1. The Morgan fingerprint density at radius 2 is 2.00 bits per heavy atom. The minimum absolute atomic E-state index is 0.453. The lowest BCUT2D eigenvalue weighted by Crippen LogP contribution is -1.85. The molecule has 0 atom stereocenters. The molecule has 0 spiro atoms. The zero-order chi connectivity index (χ0) is 11.1. The molecule has 0 unspecified atom stereocenters. The second-order valence-electron chi connectivity index (χ2n) is 3.45. The van der Waals surface area contributed by atoms with Gasteiger partial charge in [0.25, 0.3) is 0 Å². The van der Waals surface area contributed by atoms with E-state index < -0.39 is 4.92 Å². The monoisotopic (exact) mass is 205 g/mol. The van der Waals surface area contributed by atoms with Crippen molar-refractivity contribution in [2.75, 3.05) is 0 Å². The van der Waals surface area contributed by atoms with Gasteiger partial charge < -0.3 is 0 Å². The first-order chi connectivity index (χ1) is 7.22. The molecule has 0 aliphatic carbocycles. The maximum absolute atomic E-state index is 10.1. The highest BCUT2D eigenvalue weighted by molar-refractivity contribution is 5.48. The molecule has 3 heteroatoms. The molecule has 0 N–H and O–H groups in total. The number of nitro groups is 1. The number of hydrogen-bond donors (Lipinski definition) is 0. The van der Waals surface area contributed by atoms with Gasteiger partial charge in [-0.25, -0.2) is 0 Å². The van der Waals surface area contributed by atoms with Crippen LogP contribution in [0.15, 0.2) is 30.5 Å². The standard InChI is InChI=1S/C12H15NO2/c1-2-3-4-11-5-7-12(8-6-11)9-10-13(14)15/h5-10H,2-4H2,1H3/b10-9+. The van der Waals surface area contributed by atoms with Gasteiger partial charge in [-0.05, 0) is 24.0 Å². The highest BCUT2D eigenvalue weighted by Crippen LogP contribution is 2.09. The molecule has 0 bridgehead atoms. The summed E-state index contributed by atoms with van der Waals surface area (Å²) < 4.78 is 0. The summed E-state index contributed by atoms with van der Waals surface area (Å²) in [5, 5.41) is 10.1. The largest absolute Gasteiger partial charge is 0.259 e. The first kappa shape index (κ1) is 11.4. The second-order valence-corrected chi connectivity index (χ2v) is 3.45. The van der Waals surface area contributed by atoms with Crippen molar-refractivity contribution >= 4 is 6.08 Å². The van der Waals surface area contributed by atoms with Crippen LogP contribution in [0.1, 0.15) is 30.9 Å². The molecule has 80 valence electrons. The van der Waals surface area contributed by atoms with Crippen LogP contribution in [0.4, 0.5) is 0 Å². The molecular formula is C12H15NO2. The fourth-order valence-corrected chi connectivity index (χ4v) is 1.32. The normalized spacial score (nSPS) is 10.7. The van der Waals surface area contributed by atoms with E-state index in [2.05, 4.69) is 6.92 Å². The van der Waals surface area contributed by atoms with Crippen LogP contribution in [0.2, 0.25) is 0 Å². The summed E-state index contributed by atoms with van der Waals surface area (Å²) in [4.78, 5) is 9.65. The second kappa shape index (κ2) is 5.96. The van der Waals surface area contributed by atoms with Gasteiger partial charge in [-0.1, -0.05) is 37.6 Å². The molecule has 15 heavy (non-hydrogen) atoms. The molecule has 0 amide bonds. The van der Waals surface area contributed by atoms with Crippen LogP contribution < -0.4 is 0 Å². The van der Waals surface area contributed by atoms with Crippen LogP contribution in [-0.4, -0.2) is 4.92 Å². The maximum Gasteiger partial charge on any atom is 0.235 e. The molecule has 1 aromatic rings. The Bertz CT molecular complexity index is 341. The Kier molecular flexibility index (Phi) is 4.54. The summed E-state index contributed by atoms with van der Waals surface area (Å²) in [6.07, 6.45) is 5.91. The van der Waals surface area contributed by atoms with Gasteiger partial charge in [-0.3, -0.25) is 10.1 Å². The van der Waals surface area contributed by atoms with Crippen LogP contribution in [0.3, 0.4) is 0 Å². The zero-order valence-corrected chi connectivity index (χ0v) is 8.85. The number of aryl methyl sites for hydroxylation is 1. The Morgan fingerprint density at radius 3 is 2.53 bits per heavy atom. The van der Waals surface area contributed by atoms with Crippen molar-refractivity contribution in [3.05, 3.63) is 51.7 Å². The van der Waals surface area contributed by atoms with E-state index >= 15 is 0 Å². The van der Waals surface area contributed by atoms with E-state index in [4.69, 9.17) is 0 Å². The summed E-state index contributed by atoms with van der Waals surface area (Å²) in [6.45, 7) is 2.16. The molecule has 0 radical (unpaired) electrons. The molecule has 0 saturated carbocycles. The van der Waals surface area contributed by atoms with Crippen molar-refractivity contribution in [1.29, 1.82) is 0 Å². The van der Waals surface area contributed by atoms with Crippen LogP contribution in [0.5, 0.6) is 0 Å². The lowest BCUT2D eigenvalue weighted by atomic mass is 10.1. The van der Waals surface area contributed by atoms with Gasteiger partial charge in [0.15, 0.2) is 0 Å². The highest BCUT2D eigenvalue weighted by atomic mass is 16.6. The van der Waals surface area contributed by atoms with E-state index in [1.807, 2.05) is 24.3 Å². The predicted molar refractivity (Wildman–Crippen MR) is 61.1 cm³/mol. The molecule has 0 heterocycles. The van der Waals surface area contributed by atoms with E-state index in [9.17, 15) is 10.1 Å². The molecule has 0 fully saturated rings. The van der Waals surface area contributed by atoms with Gasteiger partial charge in [0, 0.05) is 6.08 Å². The molecular weight excluding hydrogens is 190 g/mol. The first-order valence-electron chi connectivity index (χ1n) is 5.13. The lowest BCUT2D eigenvalue weighted by molar-refractivity contribution is -0.400. The van der Waals surface area contributed by atoms with E-state index in [1.54, 1.807) is 0 Å². The lowest BCUT2D eigenvalue weighted by Gasteiger charge is -1.99. The predicted octanol–water partition coefficient (Wildman–Crippen LogP) is 3.28. The summed E-state index contributed by atoms with van der Waals surface area (Å²) in [7, 11) is 0. The van der Waals surface area contributed by atoms with Crippen molar-refractivity contribution < 1.29 is 4.92 Å². The quantitative estimate of drug-likeness (QED) is 0.547. The fraction of sp³-hybridized carbons (Fsp3) is 0.333. The van der Waals surface area contributed by atoms with Gasteiger partial charge in [-0.15, -0.1) is 0 Å². The number of nitrogens with zero attached hydrogens (tertiary/aromatic N) is 1. The van der Waals surface area contributed by atoms with E-state index in [0.29, 0.717) is 0 Å². The highest BCUT2D eigenvalue weighted by Gasteiger charge is 1.93. The first-order valence-corrected chi connectivity index (χ1v) is 5.13. The fourth-order valence-electron chi connectivity index (χ4n) is 1.32. The summed E-state index contributed by atoms with van der Waals surface area (Å²) in [6, 6.07) is 7.86. The Morgan fingerprint density at radius 1 is 1.33 bits per heavy atom. The Labute approximate surface area is 89.6 Å². The zero-order valence-electron chi connectivity index (χ0n) is 8.85.